The van der Waals surface area contributed by atoms with Gasteiger partial charge in [-0.1, -0.05) is 11.6 Å². The summed E-state index contributed by atoms with van der Waals surface area (Å²) < 4.78 is 22.7. The van der Waals surface area contributed by atoms with Crippen molar-refractivity contribution >= 4 is 29.2 Å². The molecule has 1 rings (SSSR count). The lowest BCUT2D eigenvalue weighted by Gasteiger charge is -2.07. The summed E-state index contributed by atoms with van der Waals surface area (Å²) in [6.07, 6.45) is 0. The Morgan fingerprint density at radius 3 is 2.79 bits per heavy atom. The van der Waals surface area contributed by atoms with E-state index in [4.69, 9.17) is 16.3 Å². The molecule has 1 amide bonds. The Balaban J connectivity index is 2.43. The van der Waals surface area contributed by atoms with Crippen molar-refractivity contribution in [1.82, 2.24) is 0 Å². The summed E-state index contributed by atoms with van der Waals surface area (Å²) in [5.74, 6) is -1.95. The zero-order valence-electron chi connectivity index (χ0n) is 10.2. The molecule has 1 N–H and O–H groups in total. The number of carbonyl (C=O) groups is 2. The minimum Gasteiger partial charge on any atom is -0.454 e. The molecule has 0 aliphatic carbocycles. The molecule has 0 bridgehead atoms. The van der Waals surface area contributed by atoms with Gasteiger partial charge in [-0.15, -0.1) is 0 Å². The van der Waals surface area contributed by atoms with Crippen LogP contribution in [0.2, 0.25) is 5.02 Å². The molecule has 104 valence electrons. The van der Waals surface area contributed by atoms with Gasteiger partial charge in [0, 0.05) is 11.6 Å². The molecule has 0 radical (unpaired) electrons. The van der Waals surface area contributed by atoms with Gasteiger partial charge in [-0.3, -0.25) is 4.79 Å². The highest BCUT2D eigenvalue weighted by molar-refractivity contribution is 6.30. The second kappa shape index (κ2) is 7.70. The molecule has 19 heavy (non-hydrogen) atoms. The first-order chi connectivity index (χ1) is 9.02. The van der Waals surface area contributed by atoms with Gasteiger partial charge in [0.15, 0.2) is 6.61 Å². The van der Waals surface area contributed by atoms with E-state index in [0.29, 0.717) is 6.61 Å². The van der Waals surface area contributed by atoms with Crippen LogP contribution in [-0.4, -0.2) is 31.7 Å². The van der Waals surface area contributed by atoms with E-state index in [-0.39, 0.29) is 17.3 Å². The highest BCUT2D eigenvalue weighted by Gasteiger charge is 2.10. The first-order valence-corrected chi connectivity index (χ1v) is 5.89. The standard InChI is InChI=1S/C12H13ClFNO4/c1-2-18-7-12(17)19-6-11(16)15-10-5-8(13)3-4-9(10)14/h3-5H,2,6-7H2,1H3,(H,15,16). The highest BCUT2D eigenvalue weighted by Crippen LogP contribution is 2.19. The molecular weight excluding hydrogens is 277 g/mol. The molecule has 0 unspecified atom stereocenters. The Kier molecular flexibility index (Phi) is 6.24. The second-order valence-corrected chi connectivity index (χ2v) is 3.91. The van der Waals surface area contributed by atoms with E-state index in [1.165, 1.54) is 12.1 Å². The summed E-state index contributed by atoms with van der Waals surface area (Å²) in [6.45, 7) is 1.35. The molecule has 1 aromatic rings. The summed E-state index contributed by atoms with van der Waals surface area (Å²) in [4.78, 5) is 22.5. The smallest absolute Gasteiger partial charge is 0.332 e. The van der Waals surface area contributed by atoms with Gasteiger partial charge in [0.2, 0.25) is 0 Å². The fraction of sp³-hybridized carbons (Fsp3) is 0.333. The van der Waals surface area contributed by atoms with Gasteiger partial charge in [0.25, 0.3) is 5.91 Å². The molecule has 0 spiro atoms. The van der Waals surface area contributed by atoms with E-state index in [1.807, 2.05) is 0 Å². The van der Waals surface area contributed by atoms with Gasteiger partial charge in [-0.2, -0.15) is 0 Å². The maximum Gasteiger partial charge on any atom is 0.332 e. The summed E-state index contributed by atoms with van der Waals surface area (Å²) in [5.41, 5.74) is -0.0710. The Morgan fingerprint density at radius 1 is 1.37 bits per heavy atom. The number of carbonyl (C=O) groups excluding carboxylic acids is 2. The van der Waals surface area contributed by atoms with Crippen LogP contribution in [0.15, 0.2) is 18.2 Å². The lowest BCUT2D eigenvalue weighted by atomic mass is 10.3. The number of ether oxygens (including phenoxy) is 2. The molecule has 5 nitrogen and oxygen atoms in total. The van der Waals surface area contributed by atoms with Crippen LogP contribution in [0.25, 0.3) is 0 Å². The molecule has 0 atom stereocenters. The number of amides is 1. The first kappa shape index (κ1) is 15.4. The van der Waals surface area contributed by atoms with E-state index >= 15 is 0 Å². The van der Waals surface area contributed by atoms with Crippen molar-refractivity contribution in [3.05, 3.63) is 29.0 Å². The van der Waals surface area contributed by atoms with Crippen molar-refractivity contribution in [3.8, 4) is 0 Å². The second-order valence-electron chi connectivity index (χ2n) is 3.47. The van der Waals surface area contributed by atoms with Crippen LogP contribution in [0.3, 0.4) is 0 Å². The molecule has 0 saturated carbocycles. The third-order valence-corrected chi connectivity index (χ3v) is 2.23. The van der Waals surface area contributed by atoms with Crippen LogP contribution in [0.4, 0.5) is 10.1 Å². The molecule has 0 aromatic heterocycles. The zero-order chi connectivity index (χ0) is 14.3. The number of halogens is 2. The number of rotatable bonds is 6. The monoisotopic (exact) mass is 289 g/mol. The number of anilines is 1. The van der Waals surface area contributed by atoms with Gasteiger partial charge < -0.3 is 14.8 Å². The Labute approximate surface area is 114 Å². The molecule has 0 fully saturated rings. The van der Waals surface area contributed by atoms with Crippen LogP contribution in [0.1, 0.15) is 6.92 Å². The van der Waals surface area contributed by atoms with Crippen molar-refractivity contribution in [2.24, 2.45) is 0 Å². The fourth-order valence-corrected chi connectivity index (χ4v) is 1.32. The molecule has 0 aliphatic heterocycles. The third-order valence-electron chi connectivity index (χ3n) is 1.99. The average molecular weight is 290 g/mol. The summed E-state index contributed by atoms with van der Waals surface area (Å²) in [7, 11) is 0. The largest absolute Gasteiger partial charge is 0.454 e. The van der Waals surface area contributed by atoms with E-state index < -0.39 is 24.3 Å². The minimum absolute atomic E-state index is 0.0710. The highest BCUT2D eigenvalue weighted by atomic mass is 35.5. The summed E-state index contributed by atoms with van der Waals surface area (Å²) in [6, 6.07) is 3.74. The summed E-state index contributed by atoms with van der Waals surface area (Å²) >= 11 is 5.67. The number of hydrogen-bond acceptors (Lipinski definition) is 4. The topological polar surface area (TPSA) is 64.6 Å². The number of nitrogens with one attached hydrogen (secondary N) is 1. The van der Waals surface area contributed by atoms with Gasteiger partial charge in [0.05, 0.1) is 5.69 Å². The molecular formula is C12H13ClFNO4. The SMILES string of the molecule is CCOCC(=O)OCC(=O)Nc1cc(Cl)ccc1F. The predicted molar refractivity (Wildman–Crippen MR) is 67.5 cm³/mol. The average Bonchev–Trinajstić information content (AvgIpc) is 2.38. The van der Waals surface area contributed by atoms with Crippen LogP contribution in [0.5, 0.6) is 0 Å². The Morgan fingerprint density at radius 2 is 2.11 bits per heavy atom. The molecule has 0 heterocycles. The first-order valence-electron chi connectivity index (χ1n) is 5.51. The minimum atomic E-state index is -0.663. The van der Waals surface area contributed by atoms with E-state index in [0.717, 1.165) is 6.07 Å². The van der Waals surface area contributed by atoms with Crippen molar-refractivity contribution in [2.75, 3.05) is 25.1 Å². The predicted octanol–water partition coefficient (Wildman–Crippen LogP) is 2.00. The number of hydrogen-bond donors (Lipinski definition) is 1. The van der Waals surface area contributed by atoms with Crippen molar-refractivity contribution in [1.29, 1.82) is 0 Å². The molecule has 0 saturated heterocycles. The zero-order valence-corrected chi connectivity index (χ0v) is 11.0. The van der Waals surface area contributed by atoms with Gasteiger partial charge >= 0.3 is 5.97 Å². The Bertz CT molecular complexity index is 467. The normalized spacial score (nSPS) is 10.1. The van der Waals surface area contributed by atoms with Gasteiger partial charge in [-0.25, -0.2) is 9.18 Å². The van der Waals surface area contributed by atoms with E-state index in [1.54, 1.807) is 6.92 Å². The maximum atomic E-state index is 13.3. The molecule has 1 aromatic carbocycles. The van der Waals surface area contributed by atoms with Crippen molar-refractivity contribution < 1.29 is 23.5 Å². The molecule has 7 heteroatoms. The molecule has 0 aliphatic rings. The summed E-state index contributed by atoms with van der Waals surface area (Å²) in [5, 5.41) is 2.53. The van der Waals surface area contributed by atoms with Gasteiger partial charge in [-0.05, 0) is 25.1 Å². The van der Waals surface area contributed by atoms with E-state index in [2.05, 4.69) is 10.1 Å². The quantitative estimate of drug-likeness (QED) is 0.814. The lowest BCUT2D eigenvalue weighted by Crippen LogP contribution is -2.23. The van der Waals surface area contributed by atoms with Crippen LogP contribution >= 0.6 is 11.6 Å². The fourth-order valence-electron chi connectivity index (χ4n) is 1.15. The Hall–Kier alpha value is -1.66. The van der Waals surface area contributed by atoms with Crippen molar-refractivity contribution in [3.63, 3.8) is 0 Å². The van der Waals surface area contributed by atoms with Crippen LogP contribution in [-0.2, 0) is 19.1 Å². The maximum absolute atomic E-state index is 13.3. The third kappa shape index (κ3) is 5.67. The number of benzene rings is 1. The van der Waals surface area contributed by atoms with Gasteiger partial charge in [0.1, 0.15) is 12.4 Å². The van der Waals surface area contributed by atoms with Crippen LogP contribution in [0, 0.1) is 5.82 Å². The lowest BCUT2D eigenvalue weighted by molar-refractivity contribution is -0.151. The van der Waals surface area contributed by atoms with Crippen molar-refractivity contribution in [2.45, 2.75) is 6.92 Å². The number of esters is 1. The van der Waals surface area contributed by atoms with Crippen LogP contribution < -0.4 is 5.32 Å². The van der Waals surface area contributed by atoms with E-state index in [9.17, 15) is 14.0 Å².